The lowest BCUT2D eigenvalue weighted by Crippen LogP contribution is -2.31. The highest BCUT2D eigenvalue weighted by Gasteiger charge is 2.34. The van der Waals surface area contributed by atoms with Crippen molar-refractivity contribution in [3.8, 4) is 0 Å². The van der Waals surface area contributed by atoms with E-state index in [1.807, 2.05) is 18.7 Å². The molecule has 112 valence electrons. The number of rotatable bonds is 5. The molecule has 1 fully saturated rings. The lowest BCUT2D eigenvalue weighted by atomic mass is 10.1. The Morgan fingerprint density at radius 1 is 1.40 bits per heavy atom. The molecule has 0 bridgehead atoms. The SMILES string of the molecule is CCNc1cc(C(F)(F)F)cc(N(C)C(C)C2CC2)n1. The van der Waals surface area contributed by atoms with Gasteiger partial charge in [-0.3, -0.25) is 0 Å². The first-order valence-corrected chi connectivity index (χ1v) is 6.89. The molecule has 20 heavy (non-hydrogen) atoms. The number of nitrogens with one attached hydrogen (secondary N) is 1. The Bertz CT molecular complexity index is 469. The van der Waals surface area contributed by atoms with Gasteiger partial charge in [-0.15, -0.1) is 0 Å². The number of halogens is 3. The molecule has 0 spiro atoms. The number of anilines is 2. The van der Waals surface area contributed by atoms with Gasteiger partial charge in [0.1, 0.15) is 11.6 Å². The number of alkyl halides is 3. The Labute approximate surface area is 117 Å². The van der Waals surface area contributed by atoms with Gasteiger partial charge in [-0.25, -0.2) is 4.98 Å². The third-order valence-electron chi connectivity index (χ3n) is 3.77. The van der Waals surface area contributed by atoms with Gasteiger partial charge in [-0.2, -0.15) is 13.2 Å². The molecule has 2 rings (SSSR count). The first-order valence-electron chi connectivity index (χ1n) is 6.89. The molecule has 0 saturated heterocycles. The van der Waals surface area contributed by atoms with Crippen LogP contribution in [0.25, 0.3) is 0 Å². The van der Waals surface area contributed by atoms with Crippen LogP contribution in [0.5, 0.6) is 0 Å². The fourth-order valence-corrected chi connectivity index (χ4v) is 2.24. The molecule has 0 radical (unpaired) electrons. The van der Waals surface area contributed by atoms with E-state index in [9.17, 15) is 13.2 Å². The molecular weight excluding hydrogens is 267 g/mol. The lowest BCUT2D eigenvalue weighted by Gasteiger charge is -2.27. The normalized spacial score (nSPS) is 16.9. The predicted octanol–water partition coefficient (Wildman–Crippen LogP) is 3.77. The average molecular weight is 287 g/mol. The summed E-state index contributed by atoms with van der Waals surface area (Å²) in [5.41, 5.74) is -0.659. The molecule has 1 saturated carbocycles. The molecule has 1 N–H and O–H groups in total. The smallest absolute Gasteiger partial charge is 0.370 e. The van der Waals surface area contributed by atoms with Crippen LogP contribution >= 0.6 is 0 Å². The second kappa shape index (κ2) is 5.50. The maximum Gasteiger partial charge on any atom is 0.416 e. The summed E-state index contributed by atoms with van der Waals surface area (Å²) >= 11 is 0. The molecule has 1 aliphatic rings. The zero-order chi connectivity index (χ0) is 14.9. The maximum absolute atomic E-state index is 12.9. The van der Waals surface area contributed by atoms with Gasteiger partial charge < -0.3 is 10.2 Å². The second-order valence-electron chi connectivity index (χ2n) is 5.32. The van der Waals surface area contributed by atoms with Crippen molar-refractivity contribution in [2.75, 3.05) is 23.8 Å². The van der Waals surface area contributed by atoms with Crippen molar-refractivity contribution in [1.29, 1.82) is 0 Å². The number of hydrogen-bond donors (Lipinski definition) is 1. The minimum Gasteiger partial charge on any atom is -0.370 e. The highest BCUT2D eigenvalue weighted by molar-refractivity contribution is 5.51. The van der Waals surface area contributed by atoms with Crippen molar-refractivity contribution in [3.05, 3.63) is 17.7 Å². The summed E-state index contributed by atoms with van der Waals surface area (Å²) in [6, 6.07) is 2.39. The van der Waals surface area contributed by atoms with Crippen molar-refractivity contribution in [2.45, 2.75) is 38.9 Å². The van der Waals surface area contributed by atoms with Crippen molar-refractivity contribution in [2.24, 2.45) is 5.92 Å². The van der Waals surface area contributed by atoms with Crippen molar-refractivity contribution in [1.82, 2.24) is 4.98 Å². The van der Waals surface area contributed by atoms with Gasteiger partial charge in [0.05, 0.1) is 5.56 Å². The van der Waals surface area contributed by atoms with Crippen LogP contribution in [-0.4, -0.2) is 24.6 Å². The van der Waals surface area contributed by atoms with Crippen LogP contribution in [-0.2, 0) is 6.18 Å². The lowest BCUT2D eigenvalue weighted by molar-refractivity contribution is -0.137. The van der Waals surface area contributed by atoms with Crippen LogP contribution in [0.2, 0.25) is 0 Å². The third kappa shape index (κ3) is 3.35. The van der Waals surface area contributed by atoms with Crippen LogP contribution < -0.4 is 10.2 Å². The van der Waals surface area contributed by atoms with E-state index in [1.165, 1.54) is 0 Å². The van der Waals surface area contributed by atoms with E-state index in [-0.39, 0.29) is 11.9 Å². The Morgan fingerprint density at radius 2 is 2.05 bits per heavy atom. The number of hydrogen-bond acceptors (Lipinski definition) is 3. The van der Waals surface area contributed by atoms with Crippen LogP contribution in [0.15, 0.2) is 12.1 Å². The van der Waals surface area contributed by atoms with Crippen LogP contribution in [0.1, 0.15) is 32.3 Å². The first-order chi connectivity index (χ1) is 9.32. The Kier molecular flexibility index (Phi) is 4.11. The monoisotopic (exact) mass is 287 g/mol. The number of nitrogens with zero attached hydrogens (tertiary/aromatic N) is 2. The van der Waals surface area contributed by atoms with Crippen molar-refractivity contribution < 1.29 is 13.2 Å². The van der Waals surface area contributed by atoms with Crippen LogP contribution in [0.4, 0.5) is 24.8 Å². The molecule has 1 aromatic heterocycles. The highest BCUT2D eigenvalue weighted by atomic mass is 19.4. The Morgan fingerprint density at radius 3 is 2.55 bits per heavy atom. The zero-order valence-corrected chi connectivity index (χ0v) is 12.0. The topological polar surface area (TPSA) is 28.2 Å². The summed E-state index contributed by atoms with van der Waals surface area (Å²) in [6.45, 7) is 4.40. The molecule has 0 amide bonds. The molecular formula is C14H20F3N3. The van der Waals surface area contributed by atoms with E-state index in [2.05, 4.69) is 10.3 Å². The van der Waals surface area contributed by atoms with Gasteiger partial charge in [-0.1, -0.05) is 0 Å². The minimum absolute atomic E-state index is 0.209. The maximum atomic E-state index is 12.9. The summed E-state index contributed by atoms with van der Waals surface area (Å²) in [4.78, 5) is 6.12. The summed E-state index contributed by atoms with van der Waals surface area (Å²) in [7, 11) is 1.81. The fraction of sp³-hybridized carbons (Fsp3) is 0.643. The fourth-order valence-electron chi connectivity index (χ4n) is 2.24. The molecule has 6 heteroatoms. The van der Waals surface area contributed by atoms with E-state index >= 15 is 0 Å². The summed E-state index contributed by atoms with van der Waals surface area (Å²) < 4.78 is 38.8. The Hall–Kier alpha value is -1.46. The van der Waals surface area contributed by atoms with Gasteiger partial charge in [-0.05, 0) is 44.7 Å². The third-order valence-corrected chi connectivity index (χ3v) is 3.77. The molecule has 1 heterocycles. The zero-order valence-electron chi connectivity index (χ0n) is 12.0. The molecule has 0 aromatic carbocycles. The molecule has 1 unspecified atom stereocenters. The molecule has 1 aliphatic carbocycles. The van der Waals surface area contributed by atoms with Gasteiger partial charge in [0.15, 0.2) is 0 Å². The summed E-state index contributed by atoms with van der Waals surface area (Å²) in [5.74, 6) is 1.21. The highest BCUT2D eigenvalue weighted by Crippen LogP contribution is 2.37. The number of pyridine rings is 1. The van der Waals surface area contributed by atoms with E-state index in [0.29, 0.717) is 18.3 Å². The molecule has 1 aromatic rings. The van der Waals surface area contributed by atoms with Gasteiger partial charge in [0.2, 0.25) is 0 Å². The van der Waals surface area contributed by atoms with Gasteiger partial charge in [0.25, 0.3) is 0 Å². The predicted molar refractivity (Wildman–Crippen MR) is 74.0 cm³/mol. The minimum atomic E-state index is -4.36. The first kappa shape index (κ1) is 14.9. The second-order valence-corrected chi connectivity index (χ2v) is 5.32. The van der Waals surface area contributed by atoms with E-state index in [0.717, 1.165) is 25.0 Å². The van der Waals surface area contributed by atoms with Crippen molar-refractivity contribution >= 4 is 11.6 Å². The quantitative estimate of drug-likeness (QED) is 0.893. The summed E-state index contributed by atoms with van der Waals surface area (Å²) in [6.07, 6.45) is -2.07. The van der Waals surface area contributed by atoms with E-state index in [1.54, 1.807) is 7.05 Å². The van der Waals surface area contributed by atoms with Gasteiger partial charge >= 0.3 is 6.18 Å². The summed E-state index contributed by atoms with van der Waals surface area (Å²) in [5, 5.41) is 2.86. The molecule has 1 atom stereocenters. The van der Waals surface area contributed by atoms with Crippen molar-refractivity contribution in [3.63, 3.8) is 0 Å². The molecule has 3 nitrogen and oxygen atoms in total. The Balaban J connectivity index is 2.32. The van der Waals surface area contributed by atoms with E-state index in [4.69, 9.17) is 0 Å². The van der Waals surface area contributed by atoms with Crippen LogP contribution in [0, 0.1) is 5.92 Å². The van der Waals surface area contributed by atoms with Gasteiger partial charge in [0, 0.05) is 19.6 Å². The van der Waals surface area contributed by atoms with E-state index < -0.39 is 11.7 Å². The number of aromatic nitrogens is 1. The largest absolute Gasteiger partial charge is 0.416 e. The standard InChI is InChI=1S/C14H20F3N3/c1-4-18-12-7-11(14(15,16)17)8-13(19-12)20(3)9(2)10-5-6-10/h7-10H,4-6H2,1-3H3,(H,18,19). The average Bonchev–Trinajstić information content (AvgIpc) is 3.20. The van der Waals surface area contributed by atoms with Crippen LogP contribution in [0.3, 0.4) is 0 Å². The molecule has 0 aliphatic heterocycles.